The summed E-state index contributed by atoms with van der Waals surface area (Å²) in [5.74, 6) is 0. The molecule has 0 bridgehead atoms. The summed E-state index contributed by atoms with van der Waals surface area (Å²) in [5.41, 5.74) is 2.53. The van der Waals surface area contributed by atoms with Crippen LogP contribution in [0.3, 0.4) is 0 Å². The molecule has 0 aromatic heterocycles. The largest absolute Gasteiger partial charge is 0.314 e. The van der Waals surface area contributed by atoms with Crippen molar-refractivity contribution >= 4 is 29.4 Å². The fraction of sp³-hybridized carbons (Fsp3) is 0.368. The van der Waals surface area contributed by atoms with Gasteiger partial charge in [-0.1, -0.05) is 55.1 Å². The van der Waals surface area contributed by atoms with Crippen LogP contribution in [0.5, 0.6) is 0 Å². The highest BCUT2D eigenvalue weighted by Crippen LogP contribution is 2.55. The van der Waals surface area contributed by atoms with Gasteiger partial charge in [-0.25, -0.2) is 0 Å². The SMILES string of the molecule is CP1(=O)c2ccccc2C2(CCCCC2)c2cc(Cl)ccc21. The van der Waals surface area contributed by atoms with Crippen LogP contribution in [0.2, 0.25) is 5.02 Å². The zero-order chi connectivity index (χ0) is 15.4. The number of rotatable bonds is 0. The monoisotopic (exact) mass is 330 g/mol. The molecule has 1 saturated carbocycles. The van der Waals surface area contributed by atoms with E-state index in [1.807, 2.05) is 24.9 Å². The molecule has 1 heterocycles. The van der Waals surface area contributed by atoms with Crippen LogP contribution < -0.4 is 10.6 Å². The summed E-state index contributed by atoms with van der Waals surface area (Å²) in [7, 11) is -2.54. The van der Waals surface area contributed by atoms with Crippen molar-refractivity contribution in [3.05, 3.63) is 58.6 Å². The Kier molecular flexibility index (Phi) is 3.29. The maximum absolute atomic E-state index is 13.6. The van der Waals surface area contributed by atoms with E-state index in [-0.39, 0.29) is 5.41 Å². The summed E-state index contributed by atoms with van der Waals surface area (Å²) in [6, 6.07) is 14.3. The van der Waals surface area contributed by atoms with Crippen molar-refractivity contribution in [1.29, 1.82) is 0 Å². The van der Waals surface area contributed by atoms with Crippen LogP contribution >= 0.6 is 18.7 Å². The van der Waals surface area contributed by atoms with E-state index in [1.54, 1.807) is 0 Å². The third kappa shape index (κ3) is 1.88. The molecule has 1 aliphatic carbocycles. The van der Waals surface area contributed by atoms with E-state index < -0.39 is 7.14 Å². The molecule has 0 N–H and O–H groups in total. The van der Waals surface area contributed by atoms with Crippen LogP contribution in [0.4, 0.5) is 0 Å². The minimum Gasteiger partial charge on any atom is -0.314 e. The quantitative estimate of drug-likeness (QED) is 0.631. The standard InChI is InChI=1S/C19H20ClOP/c1-22(21)17-8-4-3-7-15(17)19(11-5-2-6-12-19)16-13-14(20)9-10-18(16)22/h3-4,7-10,13H,2,5-6,11-12H2,1H3. The van der Waals surface area contributed by atoms with Crippen molar-refractivity contribution in [1.82, 2.24) is 0 Å². The number of hydrogen-bond donors (Lipinski definition) is 0. The van der Waals surface area contributed by atoms with Gasteiger partial charge in [0.25, 0.3) is 0 Å². The summed E-state index contributed by atoms with van der Waals surface area (Å²) in [4.78, 5) is 0. The second-order valence-electron chi connectivity index (χ2n) is 6.75. The molecule has 1 fully saturated rings. The summed E-state index contributed by atoms with van der Waals surface area (Å²) in [6.45, 7) is 1.91. The first-order valence-corrected chi connectivity index (χ1v) is 10.6. The molecule has 0 saturated heterocycles. The molecular formula is C19H20ClOP. The van der Waals surface area contributed by atoms with Crippen LogP contribution in [-0.2, 0) is 9.98 Å². The molecule has 114 valence electrons. The molecule has 2 aromatic carbocycles. The van der Waals surface area contributed by atoms with Crippen LogP contribution in [0.15, 0.2) is 42.5 Å². The molecule has 1 spiro atoms. The first-order chi connectivity index (χ1) is 10.6. The second kappa shape index (κ2) is 4.98. The Morgan fingerprint density at radius 3 is 2.41 bits per heavy atom. The van der Waals surface area contributed by atoms with Crippen LogP contribution in [0.1, 0.15) is 43.2 Å². The zero-order valence-corrected chi connectivity index (χ0v) is 14.5. The van der Waals surface area contributed by atoms with E-state index in [0.29, 0.717) is 0 Å². The van der Waals surface area contributed by atoms with E-state index in [4.69, 9.17) is 11.6 Å². The van der Waals surface area contributed by atoms with E-state index in [2.05, 4.69) is 24.3 Å². The summed E-state index contributed by atoms with van der Waals surface area (Å²) < 4.78 is 13.6. The third-order valence-electron chi connectivity index (χ3n) is 5.52. The van der Waals surface area contributed by atoms with Gasteiger partial charge >= 0.3 is 0 Å². The summed E-state index contributed by atoms with van der Waals surface area (Å²) >= 11 is 6.31. The highest BCUT2D eigenvalue weighted by Gasteiger charge is 2.46. The lowest BCUT2D eigenvalue weighted by atomic mass is 9.65. The molecule has 1 atom stereocenters. The number of benzene rings is 2. The highest BCUT2D eigenvalue weighted by molar-refractivity contribution is 7.78. The van der Waals surface area contributed by atoms with Crippen molar-refractivity contribution in [2.45, 2.75) is 37.5 Å². The average molecular weight is 331 g/mol. The molecule has 0 radical (unpaired) electrons. The van der Waals surface area contributed by atoms with Crippen LogP contribution in [-0.4, -0.2) is 6.66 Å². The lowest BCUT2D eigenvalue weighted by molar-refractivity contribution is 0.347. The van der Waals surface area contributed by atoms with Crippen molar-refractivity contribution < 1.29 is 4.57 Å². The average Bonchev–Trinajstić information content (AvgIpc) is 2.54. The Balaban J connectivity index is 2.09. The van der Waals surface area contributed by atoms with Crippen molar-refractivity contribution in [2.75, 3.05) is 6.66 Å². The first kappa shape index (κ1) is 14.5. The van der Waals surface area contributed by atoms with Gasteiger partial charge in [-0.15, -0.1) is 0 Å². The Morgan fingerprint density at radius 2 is 1.64 bits per heavy atom. The van der Waals surface area contributed by atoms with Crippen molar-refractivity contribution in [2.24, 2.45) is 0 Å². The Hall–Kier alpha value is -1.04. The maximum Gasteiger partial charge on any atom is 0.140 e. The molecular weight excluding hydrogens is 311 g/mol. The Labute approximate surface area is 137 Å². The van der Waals surface area contributed by atoms with Gasteiger partial charge in [-0.3, -0.25) is 0 Å². The molecule has 22 heavy (non-hydrogen) atoms. The number of halogens is 1. The topological polar surface area (TPSA) is 17.1 Å². The smallest absolute Gasteiger partial charge is 0.140 e. The summed E-state index contributed by atoms with van der Waals surface area (Å²) in [6.07, 6.45) is 6.03. The van der Waals surface area contributed by atoms with Gasteiger partial charge < -0.3 is 4.57 Å². The van der Waals surface area contributed by atoms with Gasteiger partial charge in [-0.2, -0.15) is 0 Å². The fourth-order valence-corrected chi connectivity index (χ4v) is 7.13. The van der Waals surface area contributed by atoms with Crippen molar-refractivity contribution in [3.8, 4) is 0 Å². The van der Waals surface area contributed by atoms with E-state index in [9.17, 15) is 4.57 Å². The van der Waals surface area contributed by atoms with Gasteiger partial charge in [0.1, 0.15) is 7.14 Å². The van der Waals surface area contributed by atoms with Gasteiger partial charge in [0, 0.05) is 21.0 Å². The molecule has 3 heteroatoms. The van der Waals surface area contributed by atoms with E-state index >= 15 is 0 Å². The van der Waals surface area contributed by atoms with Crippen LogP contribution in [0, 0.1) is 0 Å². The molecule has 2 aromatic rings. The summed E-state index contributed by atoms with van der Waals surface area (Å²) in [5, 5.41) is 2.84. The molecule has 1 aliphatic heterocycles. The predicted octanol–water partition coefficient (Wildman–Crippen LogP) is 4.85. The number of hydrogen-bond acceptors (Lipinski definition) is 1. The minimum absolute atomic E-state index is 0.0129. The lowest BCUT2D eigenvalue weighted by Crippen LogP contribution is -2.44. The zero-order valence-electron chi connectivity index (χ0n) is 12.8. The van der Waals surface area contributed by atoms with Gasteiger partial charge in [0.05, 0.1) is 0 Å². The van der Waals surface area contributed by atoms with Gasteiger partial charge in [-0.05, 0) is 48.8 Å². The highest BCUT2D eigenvalue weighted by atomic mass is 35.5. The maximum atomic E-state index is 13.6. The molecule has 1 nitrogen and oxygen atoms in total. The molecule has 0 amide bonds. The minimum atomic E-state index is -2.54. The molecule has 1 unspecified atom stereocenters. The first-order valence-electron chi connectivity index (χ1n) is 8.04. The Morgan fingerprint density at radius 1 is 0.955 bits per heavy atom. The van der Waals surface area contributed by atoms with E-state index in [0.717, 1.165) is 28.5 Å². The fourth-order valence-electron chi connectivity index (χ4n) is 4.48. The lowest BCUT2D eigenvalue weighted by Gasteiger charge is -2.45. The third-order valence-corrected chi connectivity index (χ3v) is 8.37. The Bertz CT molecular complexity index is 790. The van der Waals surface area contributed by atoms with Crippen LogP contribution in [0.25, 0.3) is 0 Å². The molecule has 4 rings (SSSR count). The van der Waals surface area contributed by atoms with Gasteiger partial charge in [0.15, 0.2) is 0 Å². The van der Waals surface area contributed by atoms with Gasteiger partial charge in [0.2, 0.25) is 0 Å². The van der Waals surface area contributed by atoms with E-state index in [1.165, 1.54) is 30.4 Å². The predicted molar refractivity (Wildman–Crippen MR) is 94.6 cm³/mol. The number of fused-ring (bicyclic) bond motifs is 4. The van der Waals surface area contributed by atoms with Crippen molar-refractivity contribution in [3.63, 3.8) is 0 Å². The second-order valence-corrected chi connectivity index (χ2v) is 9.99. The normalized spacial score (nSPS) is 25.5. The molecule has 2 aliphatic rings.